The van der Waals surface area contributed by atoms with Gasteiger partial charge < -0.3 is 14.7 Å². The van der Waals surface area contributed by atoms with Gasteiger partial charge in [-0.1, -0.05) is 11.6 Å². The maximum absolute atomic E-state index is 12.8. The molecule has 1 amide bonds. The van der Waals surface area contributed by atoms with E-state index in [1.54, 1.807) is 35.5 Å². The third-order valence-electron chi connectivity index (χ3n) is 4.43. The van der Waals surface area contributed by atoms with E-state index in [4.69, 9.17) is 16.3 Å². The lowest BCUT2D eigenvalue weighted by Gasteiger charge is -2.19. The summed E-state index contributed by atoms with van der Waals surface area (Å²) in [6.07, 6.45) is 4.57. The van der Waals surface area contributed by atoms with Gasteiger partial charge >= 0.3 is 0 Å². The molecule has 4 rings (SSSR count). The summed E-state index contributed by atoms with van der Waals surface area (Å²) in [6, 6.07) is 6.95. The van der Waals surface area contributed by atoms with E-state index in [9.17, 15) is 9.90 Å². The summed E-state index contributed by atoms with van der Waals surface area (Å²) in [5.74, 6) is 0.148. The number of hydrogen-bond donors (Lipinski definition) is 1. The number of carbonyl (C=O) groups is 1. The van der Waals surface area contributed by atoms with Crippen LogP contribution in [0, 0.1) is 6.92 Å². The minimum atomic E-state index is -0.238. The molecule has 0 bridgehead atoms. The Hall–Kier alpha value is -3.19. The molecule has 0 unspecified atom stereocenters. The molecule has 0 atom stereocenters. The zero-order valence-electron chi connectivity index (χ0n) is 15.1. The van der Waals surface area contributed by atoms with Crippen LogP contribution in [0.3, 0.4) is 0 Å². The van der Waals surface area contributed by atoms with Crippen molar-refractivity contribution in [1.29, 1.82) is 0 Å². The van der Waals surface area contributed by atoms with E-state index in [1.165, 1.54) is 6.20 Å². The van der Waals surface area contributed by atoms with Crippen LogP contribution in [0.4, 0.5) is 0 Å². The molecule has 0 saturated carbocycles. The summed E-state index contributed by atoms with van der Waals surface area (Å²) < 4.78 is 5.70. The first-order valence-corrected chi connectivity index (χ1v) is 9.07. The molecule has 0 aliphatic carbocycles. The first-order valence-electron chi connectivity index (χ1n) is 8.70. The predicted octanol–water partition coefficient (Wildman–Crippen LogP) is 3.24. The number of aromatic nitrogens is 3. The molecule has 1 aliphatic rings. The highest BCUT2D eigenvalue weighted by molar-refractivity contribution is 6.30. The topological polar surface area (TPSA) is 88.4 Å². The molecule has 1 aliphatic heterocycles. The minimum Gasteiger partial charge on any atom is -0.504 e. The molecular formula is C20H17ClN4O3. The Balaban J connectivity index is 1.67. The maximum atomic E-state index is 12.8. The van der Waals surface area contributed by atoms with Gasteiger partial charge in [0.05, 0.1) is 29.2 Å². The normalized spacial score (nSPS) is 13.4. The summed E-state index contributed by atoms with van der Waals surface area (Å²) >= 11 is 5.90. The van der Waals surface area contributed by atoms with Gasteiger partial charge in [0.2, 0.25) is 0 Å². The van der Waals surface area contributed by atoms with Crippen LogP contribution in [0.25, 0.3) is 11.3 Å². The lowest BCUT2D eigenvalue weighted by molar-refractivity contribution is 0.0726. The van der Waals surface area contributed by atoms with Gasteiger partial charge in [-0.2, -0.15) is 0 Å². The number of halogens is 1. The molecule has 3 heterocycles. The van der Waals surface area contributed by atoms with Crippen molar-refractivity contribution in [2.75, 3.05) is 13.2 Å². The summed E-state index contributed by atoms with van der Waals surface area (Å²) in [4.78, 5) is 27.0. The third kappa shape index (κ3) is 3.61. The summed E-state index contributed by atoms with van der Waals surface area (Å²) in [5, 5.41) is 11.0. The first-order chi connectivity index (χ1) is 13.5. The van der Waals surface area contributed by atoms with E-state index < -0.39 is 0 Å². The molecule has 0 radical (unpaired) electrons. The molecule has 1 N–H and O–H groups in total. The standard InChI is InChI=1S/C20H17ClN4O3/c1-12-8-23-17(10-22-12)20(27)25-4-5-28-19-14(11-25)6-13(7-18(19)26)16-3-2-15(21)9-24-16/h2-3,6-10,26H,4-5,11H2,1H3. The minimum absolute atomic E-state index is 0.00803. The van der Waals surface area contributed by atoms with Gasteiger partial charge in [-0.3, -0.25) is 14.8 Å². The molecule has 1 aromatic carbocycles. The number of aryl methyl sites for hydroxylation is 1. The lowest BCUT2D eigenvalue weighted by atomic mass is 10.0. The van der Waals surface area contributed by atoms with Crippen LogP contribution in [-0.2, 0) is 6.54 Å². The highest BCUT2D eigenvalue weighted by atomic mass is 35.5. The van der Waals surface area contributed by atoms with E-state index >= 15 is 0 Å². The monoisotopic (exact) mass is 396 g/mol. The second-order valence-corrected chi connectivity index (χ2v) is 6.90. The number of pyridine rings is 1. The maximum Gasteiger partial charge on any atom is 0.274 e. The Morgan fingerprint density at radius 2 is 2.04 bits per heavy atom. The second kappa shape index (κ2) is 7.44. The number of amides is 1. The Labute approximate surface area is 166 Å². The van der Waals surface area contributed by atoms with Gasteiger partial charge in [-0.25, -0.2) is 4.98 Å². The van der Waals surface area contributed by atoms with Gasteiger partial charge in [0.25, 0.3) is 5.91 Å². The predicted molar refractivity (Wildman–Crippen MR) is 103 cm³/mol. The van der Waals surface area contributed by atoms with Crippen molar-refractivity contribution in [2.24, 2.45) is 0 Å². The number of rotatable bonds is 2. The molecule has 2 aromatic heterocycles. The number of aromatic hydroxyl groups is 1. The zero-order chi connectivity index (χ0) is 19.7. The van der Waals surface area contributed by atoms with Crippen LogP contribution in [-0.4, -0.2) is 44.0 Å². The molecule has 28 heavy (non-hydrogen) atoms. The van der Waals surface area contributed by atoms with Crippen LogP contribution >= 0.6 is 11.6 Å². The van der Waals surface area contributed by atoms with Crippen LogP contribution < -0.4 is 4.74 Å². The summed E-state index contributed by atoms with van der Waals surface area (Å²) in [7, 11) is 0. The largest absolute Gasteiger partial charge is 0.504 e. The van der Waals surface area contributed by atoms with Crippen LogP contribution in [0.2, 0.25) is 5.02 Å². The summed E-state index contributed by atoms with van der Waals surface area (Å²) in [6.45, 7) is 2.73. The first kappa shape index (κ1) is 18.2. The van der Waals surface area contributed by atoms with Gasteiger partial charge in [-0.05, 0) is 31.2 Å². The molecule has 142 valence electrons. The van der Waals surface area contributed by atoms with E-state index in [2.05, 4.69) is 15.0 Å². The fourth-order valence-corrected chi connectivity index (χ4v) is 3.14. The molecular weight excluding hydrogens is 380 g/mol. The number of nitrogens with zero attached hydrogens (tertiary/aromatic N) is 4. The average molecular weight is 397 g/mol. The fourth-order valence-electron chi connectivity index (χ4n) is 3.03. The van der Waals surface area contributed by atoms with Gasteiger partial charge in [-0.15, -0.1) is 0 Å². The molecule has 3 aromatic rings. The zero-order valence-corrected chi connectivity index (χ0v) is 15.8. The molecule has 0 fully saturated rings. The average Bonchev–Trinajstić information content (AvgIpc) is 2.91. The number of fused-ring (bicyclic) bond motifs is 1. The Bertz CT molecular complexity index is 1020. The number of hydrogen-bond acceptors (Lipinski definition) is 6. The highest BCUT2D eigenvalue weighted by Crippen LogP contribution is 2.37. The smallest absolute Gasteiger partial charge is 0.274 e. The van der Waals surface area contributed by atoms with Crippen molar-refractivity contribution in [3.8, 4) is 22.8 Å². The van der Waals surface area contributed by atoms with Crippen molar-refractivity contribution >= 4 is 17.5 Å². The van der Waals surface area contributed by atoms with Gasteiger partial charge in [0.15, 0.2) is 11.5 Å². The molecule has 7 nitrogen and oxygen atoms in total. The van der Waals surface area contributed by atoms with E-state index in [0.29, 0.717) is 34.1 Å². The quantitative estimate of drug-likeness (QED) is 0.715. The Morgan fingerprint density at radius 3 is 2.75 bits per heavy atom. The SMILES string of the molecule is Cc1cnc(C(=O)N2CCOc3c(O)cc(-c4ccc(Cl)cn4)cc3C2)cn1. The molecule has 0 saturated heterocycles. The number of ether oxygens (including phenoxy) is 1. The van der Waals surface area contributed by atoms with Gasteiger partial charge in [0.1, 0.15) is 12.3 Å². The number of phenolic OH excluding ortho intramolecular Hbond substituents is 1. The number of benzene rings is 1. The second-order valence-electron chi connectivity index (χ2n) is 6.46. The Kier molecular flexibility index (Phi) is 4.83. The van der Waals surface area contributed by atoms with Gasteiger partial charge in [0, 0.05) is 30.1 Å². The third-order valence-corrected chi connectivity index (χ3v) is 4.65. The molecule has 8 heteroatoms. The fraction of sp³-hybridized carbons (Fsp3) is 0.200. The number of phenols is 1. The van der Waals surface area contributed by atoms with E-state index in [1.807, 2.05) is 13.0 Å². The van der Waals surface area contributed by atoms with Crippen molar-refractivity contribution in [3.05, 3.63) is 64.8 Å². The highest BCUT2D eigenvalue weighted by Gasteiger charge is 2.24. The van der Waals surface area contributed by atoms with E-state index in [-0.39, 0.29) is 30.5 Å². The van der Waals surface area contributed by atoms with Crippen molar-refractivity contribution in [3.63, 3.8) is 0 Å². The van der Waals surface area contributed by atoms with Crippen molar-refractivity contribution in [2.45, 2.75) is 13.5 Å². The van der Waals surface area contributed by atoms with Crippen LogP contribution in [0.1, 0.15) is 21.7 Å². The molecule has 0 spiro atoms. The van der Waals surface area contributed by atoms with Crippen molar-refractivity contribution in [1.82, 2.24) is 19.9 Å². The van der Waals surface area contributed by atoms with Crippen molar-refractivity contribution < 1.29 is 14.6 Å². The van der Waals surface area contributed by atoms with Crippen LogP contribution in [0.5, 0.6) is 11.5 Å². The Morgan fingerprint density at radius 1 is 1.18 bits per heavy atom. The van der Waals surface area contributed by atoms with Crippen LogP contribution in [0.15, 0.2) is 42.9 Å². The lowest BCUT2D eigenvalue weighted by Crippen LogP contribution is -2.33. The summed E-state index contributed by atoms with van der Waals surface area (Å²) in [5.41, 5.74) is 3.08. The van der Waals surface area contributed by atoms with E-state index in [0.717, 1.165) is 5.69 Å². The number of carbonyl (C=O) groups excluding carboxylic acids is 1.